The summed E-state index contributed by atoms with van der Waals surface area (Å²) in [5, 5.41) is 1.91. The van der Waals surface area contributed by atoms with Crippen LogP contribution < -0.4 is 11.1 Å². The number of rotatable bonds is 2. The molecule has 0 radical (unpaired) electrons. The van der Waals surface area contributed by atoms with Gasteiger partial charge in [0, 0.05) is 19.0 Å². The van der Waals surface area contributed by atoms with Gasteiger partial charge in [-0.3, -0.25) is 14.4 Å². The molecule has 3 N–H and O–H groups in total. The molecule has 0 spiro atoms. The lowest BCUT2D eigenvalue weighted by Gasteiger charge is -2.29. The highest BCUT2D eigenvalue weighted by atomic mass is 19.2. The van der Waals surface area contributed by atoms with Crippen LogP contribution in [0.2, 0.25) is 0 Å². The molecule has 1 heterocycles. The fourth-order valence-electron chi connectivity index (χ4n) is 2.31. The third-order valence-electron chi connectivity index (χ3n) is 3.66. The number of nitrogens with zero attached hydrogens (tertiary/aromatic N) is 1. The normalized spacial score (nSPS) is 15.3. The van der Waals surface area contributed by atoms with Crippen LogP contribution in [0.25, 0.3) is 0 Å². The van der Waals surface area contributed by atoms with Crippen molar-refractivity contribution >= 4 is 23.4 Å². The number of benzene rings is 1. The van der Waals surface area contributed by atoms with Crippen molar-refractivity contribution in [2.75, 3.05) is 18.4 Å². The number of carbonyl (C=O) groups is 3. The Morgan fingerprint density at radius 1 is 1.09 bits per heavy atom. The van der Waals surface area contributed by atoms with Crippen molar-refractivity contribution in [2.45, 2.75) is 12.8 Å². The molecule has 0 bridgehead atoms. The Hall–Kier alpha value is -2.58. The van der Waals surface area contributed by atoms with Crippen molar-refractivity contribution in [3.8, 4) is 0 Å². The number of amides is 3. The standard InChI is InChI=1S/C14H14F3N3O3/c15-8-1-2-9(11(17)10(8)16)19-13(22)14(23)20-5-3-7(4-6-20)12(18)21/h1-2,7H,3-6H2,(H2,18,21)(H,19,22). The molecule has 1 fully saturated rings. The summed E-state index contributed by atoms with van der Waals surface area (Å²) in [6.45, 7) is 0.306. The molecule has 1 saturated heterocycles. The van der Waals surface area contributed by atoms with Crippen molar-refractivity contribution in [3.05, 3.63) is 29.6 Å². The Morgan fingerprint density at radius 3 is 2.26 bits per heavy atom. The van der Waals surface area contributed by atoms with E-state index in [-0.39, 0.29) is 19.0 Å². The summed E-state index contributed by atoms with van der Waals surface area (Å²) in [7, 11) is 0. The molecule has 0 atom stereocenters. The summed E-state index contributed by atoms with van der Waals surface area (Å²) >= 11 is 0. The highest BCUT2D eigenvalue weighted by Crippen LogP contribution is 2.20. The number of hydrogen-bond acceptors (Lipinski definition) is 3. The molecule has 1 aromatic carbocycles. The predicted octanol–water partition coefficient (Wildman–Crippen LogP) is 0.766. The molecule has 0 unspecified atom stereocenters. The van der Waals surface area contributed by atoms with Crippen molar-refractivity contribution in [1.82, 2.24) is 4.90 Å². The van der Waals surface area contributed by atoms with Gasteiger partial charge in [-0.15, -0.1) is 0 Å². The maximum absolute atomic E-state index is 13.5. The predicted molar refractivity (Wildman–Crippen MR) is 73.4 cm³/mol. The maximum Gasteiger partial charge on any atom is 0.313 e. The van der Waals surface area contributed by atoms with Crippen molar-refractivity contribution in [2.24, 2.45) is 11.7 Å². The maximum atomic E-state index is 13.5. The van der Waals surface area contributed by atoms with Crippen LogP contribution in [0.4, 0.5) is 18.9 Å². The first-order chi connectivity index (χ1) is 10.8. The second kappa shape index (κ2) is 6.67. The molecule has 0 aliphatic carbocycles. The number of primary amides is 1. The van der Waals surface area contributed by atoms with Gasteiger partial charge in [-0.2, -0.15) is 0 Å². The molecule has 1 aromatic rings. The molecule has 23 heavy (non-hydrogen) atoms. The fourth-order valence-corrected chi connectivity index (χ4v) is 2.31. The summed E-state index contributed by atoms with van der Waals surface area (Å²) in [4.78, 5) is 36.0. The average Bonchev–Trinajstić information content (AvgIpc) is 2.54. The highest BCUT2D eigenvalue weighted by molar-refractivity contribution is 6.39. The van der Waals surface area contributed by atoms with Crippen LogP contribution in [-0.4, -0.2) is 35.7 Å². The first-order valence-corrected chi connectivity index (χ1v) is 6.84. The highest BCUT2D eigenvalue weighted by Gasteiger charge is 2.29. The zero-order valence-electron chi connectivity index (χ0n) is 11.9. The van der Waals surface area contributed by atoms with E-state index >= 15 is 0 Å². The van der Waals surface area contributed by atoms with E-state index < -0.39 is 40.9 Å². The summed E-state index contributed by atoms with van der Waals surface area (Å²) in [6, 6.07) is 1.45. The SMILES string of the molecule is NC(=O)C1CCN(C(=O)C(=O)Nc2ccc(F)c(F)c2F)CC1. The summed E-state index contributed by atoms with van der Waals surface area (Å²) < 4.78 is 39.3. The number of carbonyl (C=O) groups excluding carboxylic acids is 3. The van der Waals surface area contributed by atoms with E-state index in [0.29, 0.717) is 18.9 Å². The number of anilines is 1. The second-order valence-corrected chi connectivity index (χ2v) is 5.15. The Morgan fingerprint density at radius 2 is 1.70 bits per heavy atom. The Bertz CT molecular complexity index is 658. The second-order valence-electron chi connectivity index (χ2n) is 5.15. The van der Waals surface area contributed by atoms with E-state index in [1.807, 2.05) is 5.32 Å². The first-order valence-electron chi connectivity index (χ1n) is 6.84. The summed E-state index contributed by atoms with van der Waals surface area (Å²) in [6.07, 6.45) is 0.655. The van der Waals surface area contributed by atoms with Crippen LogP contribution in [0.3, 0.4) is 0 Å². The monoisotopic (exact) mass is 329 g/mol. The minimum Gasteiger partial charge on any atom is -0.369 e. The molecule has 0 aromatic heterocycles. The fraction of sp³-hybridized carbons (Fsp3) is 0.357. The van der Waals surface area contributed by atoms with E-state index in [1.165, 1.54) is 4.90 Å². The number of likely N-dealkylation sites (tertiary alicyclic amines) is 1. The lowest BCUT2D eigenvalue weighted by molar-refractivity contribution is -0.144. The van der Waals surface area contributed by atoms with Crippen LogP contribution in [-0.2, 0) is 14.4 Å². The largest absolute Gasteiger partial charge is 0.369 e. The van der Waals surface area contributed by atoms with Crippen LogP contribution in [0.5, 0.6) is 0 Å². The van der Waals surface area contributed by atoms with Gasteiger partial charge < -0.3 is 16.0 Å². The zero-order chi connectivity index (χ0) is 17.1. The lowest BCUT2D eigenvalue weighted by Crippen LogP contribution is -2.46. The number of halogens is 3. The molecule has 3 amide bonds. The van der Waals surface area contributed by atoms with Gasteiger partial charge in [0.25, 0.3) is 0 Å². The molecule has 9 heteroatoms. The quantitative estimate of drug-likeness (QED) is 0.620. The van der Waals surface area contributed by atoms with Gasteiger partial charge in [-0.25, -0.2) is 13.2 Å². The van der Waals surface area contributed by atoms with Crippen LogP contribution in [0.15, 0.2) is 12.1 Å². The number of nitrogens with one attached hydrogen (secondary N) is 1. The van der Waals surface area contributed by atoms with Gasteiger partial charge >= 0.3 is 11.8 Å². The van der Waals surface area contributed by atoms with Crippen molar-refractivity contribution < 1.29 is 27.6 Å². The number of piperidine rings is 1. The summed E-state index contributed by atoms with van der Waals surface area (Å²) in [5.74, 6) is -7.67. The minimum atomic E-state index is -1.74. The van der Waals surface area contributed by atoms with Crippen LogP contribution in [0, 0.1) is 23.4 Å². The van der Waals surface area contributed by atoms with Crippen LogP contribution in [0.1, 0.15) is 12.8 Å². The molecule has 0 saturated carbocycles. The molecular weight excluding hydrogens is 315 g/mol. The van der Waals surface area contributed by atoms with Gasteiger partial charge in [-0.1, -0.05) is 0 Å². The molecule has 6 nitrogen and oxygen atoms in total. The summed E-state index contributed by atoms with van der Waals surface area (Å²) in [5.41, 5.74) is 4.53. The first kappa shape index (κ1) is 16.8. The Balaban J connectivity index is 2.00. The van der Waals surface area contributed by atoms with Gasteiger partial charge in [0.05, 0.1) is 5.69 Å². The third-order valence-corrected chi connectivity index (χ3v) is 3.66. The minimum absolute atomic E-state index is 0.153. The van der Waals surface area contributed by atoms with Gasteiger partial charge in [0.1, 0.15) is 0 Å². The lowest BCUT2D eigenvalue weighted by atomic mass is 9.96. The smallest absolute Gasteiger partial charge is 0.313 e. The van der Waals surface area contributed by atoms with E-state index in [4.69, 9.17) is 5.73 Å². The van der Waals surface area contributed by atoms with Gasteiger partial charge in [0.2, 0.25) is 5.91 Å². The van der Waals surface area contributed by atoms with Gasteiger partial charge in [0.15, 0.2) is 17.5 Å². The van der Waals surface area contributed by atoms with E-state index in [1.54, 1.807) is 0 Å². The number of hydrogen-bond donors (Lipinski definition) is 2. The topological polar surface area (TPSA) is 92.5 Å². The number of nitrogens with two attached hydrogens (primary N) is 1. The molecular formula is C14H14F3N3O3. The van der Waals surface area contributed by atoms with Crippen LogP contribution >= 0.6 is 0 Å². The van der Waals surface area contributed by atoms with Crippen molar-refractivity contribution in [3.63, 3.8) is 0 Å². The molecule has 1 aliphatic rings. The van der Waals surface area contributed by atoms with Gasteiger partial charge in [-0.05, 0) is 25.0 Å². The van der Waals surface area contributed by atoms with E-state index in [9.17, 15) is 27.6 Å². The zero-order valence-corrected chi connectivity index (χ0v) is 11.9. The van der Waals surface area contributed by atoms with E-state index in [2.05, 4.69) is 0 Å². The molecule has 2 rings (SSSR count). The third kappa shape index (κ3) is 3.61. The Kier molecular flexibility index (Phi) is 4.87. The average molecular weight is 329 g/mol. The molecule has 124 valence electrons. The van der Waals surface area contributed by atoms with Crippen molar-refractivity contribution in [1.29, 1.82) is 0 Å². The van der Waals surface area contributed by atoms with E-state index in [0.717, 1.165) is 6.07 Å². The molecule has 1 aliphatic heterocycles. The Labute approximate surface area is 129 Å².